The van der Waals surface area contributed by atoms with Crippen LogP contribution in [0, 0.1) is 0 Å². The SMILES string of the molecule is CO[C@@H]1O[C@H](CO)[C@H](O)[C@H](O)[C@H]1O[C@H]1O[C@H](C)[C@@H](O)[C@H](O)[C@@H]1O. The van der Waals surface area contributed by atoms with E-state index >= 15 is 0 Å². The summed E-state index contributed by atoms with van der Waals surface area (Å²) in [5, 5.41) is 58.5. The minimum atomic E-state index is -1.57. The van der Waals surface area contributed by atoms with Crippen LogP contribution in [0.15, 0.2) is 0 Å². The summed E-state index contributed by atoms with van der Waals surface area (Å²) in [5.74, 6) is 0. The van der Waals surface area contributed by atoms with Crippen LogP contribution in [0.2, 0.25) is 0 Å². The maximum atomic E-state index is 10.1. The summed E-state index contributed by atoms with van der Waals surface area (Å²) in [4.78, 5) is 0. The van der Waals surface area contributed by atoms with Gasteiger partial charge in [0.05, 0.1) is 12.7 Å². The van der Waals surface area contributed by atoms with E-state index in [0.29, 0.717) is 0 Å². The zero-order chi connectivity index (χ0) is 17.3. The van der Waals surface area contributed by atoms with Gasteiger partial charge in [0.25, 0.3) is 0 Å². The van der Waals surface area contributed by atoms with Crippen molar-refractivity contribution in [1.82, 2.24) is 0 Å². The Morgan fingerprint density at radius 1 is 0.826 bits per heavy atom. The lowest BCUT2D eigenvalue weighted by Gasteiger charge is -2.45. The van der Waals surface area contributed by atoms with Crippen molar-refractivity contribution in [3.8, 4) is 0 Å². The van der Waals surface area contributed by atoms with Gasteiger partial charge in [-0.05, 0) is 6.92 Å². The topological polar surface area (TPSA) is 158 Å². The molecular weight excluding hydrogens is 316 g/mol. The highest BCUT2D eigenvalue weighted by Gasteiger charge is 2.49. The molecule has 0 spiro atoms. The van der Waals surface area contributed by atoms with Gasteiger partial charge in [-0.25, -0.2) is 0 Å². The summed E-state index contributed by atoms with van der Waals surface area (Å²) in [6, 6.07) is 0. The highest BCUT2D eigenvalue weighted by molar-refractivity contribution is 4.92. The van der Waals surface area contributed by atoms with E-state index in [9.17, 15) is 25.5 Å². The largest absolute Gasteiger partial charge is 0.394 e. The van der Waals surface area contributed by atoms with Crippen molar-refractivity contribution in [3.05, 3.63) is 0 Å². The molecule has 6 N–H and O–H groups in total. The molecule has 10 atom stereocenters. The van der Waals surface area contributed by atoms with E-state index in [1.807, 2.05) is 0 Å². The summed E-state index contributed by atoms with van der Waals surface area (Å²) in [6.07, 6.45) is -12.9. The predicted molar refractivity (Wildman–Crippen MR) is 72.0 cm³/mol. The zero-order valence-corrected chi connectivity index (χ0v) is 12.8. The molecule has 2 saturated heterocycles. The summed E-state index contributed by atoms with van der Waals surface area (Å²) in [7, 11) is 1.28. The van der Waals surface area contributed by atoms with Gasteiger partial charge >= 0.3 is 0 Å². The highest BCUT2D eigenvalue weighted by Crippen LogP contribution is 2.29. The van der Waals surface area contributed by atoms with Gasteiger partial charge in [-0.1, -0.05) is 0 Å². The van der Waals surface area contributed by atoms with Crippen LogP contribution in [0.5, 0.6) is 0 Å². The lowest BCUT2D eigenvalue weighted by atomic mass is 9.97. The van der Waals surface area contributed by atoms with Crippen molar-refractivity contribution in [2.75, 3.05) is 13.7 Å². The summed E-state index contributed by atoms with van der Waals surface area (Å²) in [6.45, 7) is 0.948. The molecule has 2 fully saturated rings. The molecule has 0 aliphatic carbocycles. The van der Waals surface area contributed by atoms with E-state index in [1.165, 1.54) is 14.0 Å². The molecule has 2 aliphatic heterocycles. The Labute approximate surface area is 132 Å². The first-order valence-corrected chi connectivity index (χ1v) is 7.32. The first-order chi connectivity index (χ1) is 10.8. The minimum absolute atomic E-state index is 0.532. The van der Waals surface area contributed by atoms with Gasteiger partial charge in [-0.2, -0.15) is 0 Å². The van der Waals surface area contributed by atoms with Crippen LogP contribution in [0.4, 0.5) is 0 Å². The van der Waals surface area contributed by atoms with E-state index in [1.54, 1.807) is 0 Å². The van der Waals surface area contributed by atoms with Crippen LogP contribution < -0.4 is 0 Å². The Hall–Kier alpha value is -0.400. The minimum Gasteiger partial charge on any atom is -0.394 e. The van der Waals surface area contributed by atoms with Crippen molar-refractivity contribution >= 4 is 0 Å². The molecule has 0 bridgehead atoms. The van der Waals surface area contributed by atoms with E-state index in [4.69, 9.17) is 24.1 Å². The third kappa shape index (κ3) is 3.66. The molecule has 136 valence electrons. The molecule has 0 unspecified atom stereocenters. The van der Waals surface area contributed by atoms with Crippen LogP contribution in [-0.4, -0.2) is 106 Å². The monoisotopic (exact) mass is 340 g/mol. The van der Waals surface area contributed by atoms with Gasteiger partial charge < -0.3 is 49.6 Å². The van der Waals surface area contributed by atoms with Gasteiger partial charge in [-0.3, -0.25) is 0 Å². The first kappa shape index (κ1) is 18.9. The van der Waals surface area contributed by atoms with E-state index in [2.05, 4.69) is 0 Å². The fraction of sp³-hybridized carbons (Fsp3) is 1.00. The number of hydrogen-bond acceptors (Lipinski definition) is 10. The van der Waals surface area contributed by atoms with Gasteiger partial charge in [0.1, 0.15) is 42.7 Å². The molecule has 0 radical (unpaired) electrons. The van der Waals surface area contributed by atoms with Crippen molar-refractivity contribution in [2.45, 2.75) is 68.3 Å². The Morgan fingerprint density at radius 2 is 1.48 bits per heavy atom. The molecule has 2 heterocycles. The van der Waals surface area contributed by atoms with E-state index in [-0.39, 0.29) is 0 Å². The van der Waals surface area contributed by atoms with Crippen LogP contribution in [-0.2, 0) is 18.9 Å². The maximum Gasteiger partial charge on any atom is 0.187 e. The van der Waals surface area contributed by atoms with E-state index in [0.717, 1.165) is 0 Å². The molecule has 23 heavy (non-hydrogen) atoms. The lowest BCUT2D eigenvalue weighted by Crippen LogP contribution is -2.64. The molecule has 10 nitrogen and oxygen atoms in total. The average Bonchev–Trinajstić information content (AvgIpc) is 2.54. The van der Waals surface area contributed by atoms with Crippen LogP contribution in [0.25, 0.3) is 0 Å². The standard InChI is InChI=1S/C13H24O10/c1-4-6(15)8(17)10(19)12(21-4)23-11-9(18)7(16)5(3-14)22-13(11)20-2/h4-19H,3H2,1-2H3/t4-,5-,6-,7+,8+,9+,10+,11-,12-,13-/m1/s1. The first-order valence-electron chi connectivity index (χ1n) is 7.32. The fourth-order valence-corrected chi connectivity index (χ4v) is 2.67. The predicted octanol–water partition coefficient (Wildman–Crippen LogP) is -3.72. The van der Waals surface area contributed by atoms with Crippen LogP contribution >= 0.6 is 0 Å². The molecule has 0 aromatic heterocycles. The van der Waals surface area contributed by atoms with Gasteiger partial charge in [0.15, 0.2) is 12.6 Å². The summed E-state index contributed by atoms with van der Waals surface area (Å²) < 4.78 is 21.0. The third-order valence-electron chi connectivity index (χ3n) is 4.16. The Kier molecular flexibility index (Phi) is 6.30. The van der Waals surface area contributed by atoms with Gasteiger partial charge in [0, 0.05) is 7.11 Å². The normalized spacial score (nSPS) is 51.7. The van der Waals surface area contributed by atoms with Gasteiger partial charge in [-0.15, -0.1) is 0 Å². The third-order valence-corrected chi connectivity index (χ3v) is 4.16. The van der Waals surface area contributed by atoms with Crippen molar-refractivity contribution in [3.63, 3.8) is 0 Å². The molecule has 0 amide bonds. The molecule has 2 rings (SSSR count). The summed E-state index contributed by atoms with van der Waals surface area (Å²) >= 11 is 0. The second-order valence-electron chi connectivity index (χ2n) is 5.72. The maximum absolute atomic E-state index is 10.1. The number of rotatable bonds is 4. The zero-order valence-electron chi connectivity index (χ0n) is 12.8. The molecule has 0 aromatic rings. The number of hydrogen-bond donors (Lipinski definition) is 6. The Morgan fingerprint density at radius 3 is 2.04 bits per heavy atom. The lowest BCUT2D eigenvalue weighted by molar-refractivity contribution is -0.361. The number of aliphatic hydroxyl groups is 6. The van der Waals surface area contributed by atoms with Crippen LogP contribution in [0.3, 0.4) is 0 Å². The molecular formula is C13H24O10. The van der Waals surface area contributed by atoms with Crippen molar-refractivity contribution in [2.24, 2.45) is 0 Å². The van der Waals surface area contributed by atoms with E-state index < -0.39 is 68.0 Å². The second kappa shape index (κ2) is 7.66. The van der Waals surface area contributed by atoms with Crippen molar-refractivity contribution < 1.29 is 49.6 Å². The molecule has 0 aromatic carbocycles. The fourth-order valence-electron chi connectivity index (χ4n) is 2.67. The van der Waals surface area contributed by atoms with Gasteiger partial charge in [0.2, 0.25) is 0 Å². The average molecular weight is 340 g/mol. The quantitative estimate of drug-likeness (QED) is 0.300. The molecule has 0 saturated carbocycles. The smallest absolute Gasteiger partial charge is 0.187 e. The summed E-state index contributed by atoms with van der Waals surface area (Å²) in [5.41, 5.74) is 0. The second-order valence-corrected chi connectivity index (χ2v) is 5.72. The van der Waals surface area contributed by atoms with Crippen LogP contribution in [0.1, 0.15) is 6.92 Å². The van der Waals surface area contributed by atoms with Crippen molar-refractivity contribution in [1.29, 1.82) is 0 Å². The number of aliphatic hydroxyl groups excluding tert-OH is 6. The highest BCUT2D eigenvalue weighted by atomic mass is 16.8. The Balaban J connectivity index is 2.10. The Bertz CT molecular complexity index is 380. The molecule has 10 heteroatoms. The number of ether oxygens (including phenoxy) is 4. The molecule has 2 aliphatic rings. The number of methoxy groups -OCH3 is 1.